The van der Waals surface area contributed by atoms with Gasteiger partial charge in [-0.3, -0.25) is 4.79 Å². The van der Waals surface area contributed by atoms with Gasteiger partial charge in [0.05, 0.1) is 5.41 Å². The Morgan fingerprint density at radius 1 is 1.25 bits per heavy atom. The Morgan fingerprint density at radius 2 is 1.75 bits per heavy atom. The summed E-state index contributed by atoms with van der Waals surface area (Å²) in [6.45, 7) is 9.11. The highest BCUT2D eigenvalue weighted by molar-refractivity contribution is 5.80. The van der Waals surface area contributed by atoms with E-state index in [-0.39, 0.29) is 5.91 Å². The van der Waals surface area contributed by atoms with Crippen LogP contribution in [0.25, 0.3) is 0 Å². The van der Waals surface area contributed by atoms with Gasteiger partial charge in [0.25, 0.3) is 0 Å². The van der Waals surface area contributed by atoms with Crippen molar-refractivity contribution in [3.05, 3.63) is 0 Å². The van der Waals surface area contributed by atoms with Crippen LogP contribution in [0, 0.1) is 17.3 Å². The van der Waals surface area contributed by atoms with Crippen LogP contribution in [0.5, 0.6) is 0 Å². The summed E-state index contributed by atoms with van der Waals surface area (Å²) in [7, 11) is 0. The first kappa shape index (κ1) is 13.5. The van der Waals surface area contributed by atoms with Gasteiger partial charge < -0.3 is 11.1 Å². The predicted molar refractivity (Wildman–Crippen MR) is 66.9 cm³/mol. The molecule has 0 aromatic heterocycles. The maximum atomic E-state index is 11.2. The van der Waals surface area contributed by atoms with Gasteiger partial charge in [-0.05, 0) is 44.9 Å². The Labute approximate surface area is 99.2 Å². The van der Waals surface area contributed by atoms with Crippen LogP contribution >= 0.6 is 0 Å². The number of nitrogens with one attached hydrogen (secondary N) is 1. The zero-order chi connectivity index (χ0) is 12.3. The average Bonchev–Trinajstić information content (AvgIpc) is 2.13. The first-order chi connectivity index (χ1) is 7.31. The molecule has 0 heterocycles. The van der Waals surface area contributed by atoms with Gasteiger partial charge in [-0.1, -0.05) is 13.8 Å². The van der Waals surface area contributed by atoms with Crippen molar-refractivity contribution in [3.8, 4) is 0 Å². The second kappa shape index (κ2) is 5.17. The molecule has 94 valence electrons. The van der Waals surface area contributed by atoms with Crippen molar-refractivity contribution in [1.82, 2.24) is 5.32 Å². The Kier molecular flexibility index (Phi) is 4.36. The summed E-state index contributed by atoms with van der Waals surface area (Å²) in [5.41, 5.74) is 4.92. The summed E-state index contributed by atoms with van der Waals surface area (Å²) in [6.07, 6.45) is 3.77. The first-order valence-corrected chi connectivity index (χ1v) is 6.34. The highest BCUT2D eigenvalue weighted by atomic mass is 16.1. The molecular formula is C13H26N2O. The molecule has 0 aromatic rings. The minimum absolute atomic E-state index is 0.225. The van der Waals surface area contributed by atoms with E-state index in [0.29, 0.717) is 12.6 Å². The first-order valence-electron chi connectivity index (χ1n) is 6.34. The molecule has 0 radical (unpaired) electrons. The summed E-state index contributed by atoms with van der Waals surface area (Å²) >= 11 is 0. The number of rotatable bonds is 4. The van der Waals surface area contributed by atoms with Crippen molar-refractivity contribution < 1.29 is 4.79 Å². The van der Waals surface area contributed by atoms with Crippen molar-refractivity contribution >= 4 is 5.91 Å². The van der Waals surface area contributed by atoms with Crippen molar-refractivity contribution in [2.75, 3.05) is 6.54 Å². The van der Waals surface area contributed by atoms with Gasteiger partial charge in [-0.25, -0.2) is 0 Å². The van der Waals surface area contributed by atoms with E-state index in [2.05, 4.69) is 19.2 Å². The van der Waals surface area contributed by atoms with Gasteiger partial charge >= 0.3 is 0 Å². The minimum atomic E-state index is -0.441. The summed E-state index contributed by atoms with van der Waals surface area (Å²) in [4.78, 5) is 11.2. The number of amides is 1. The quantitative estimate of drug-likeness (QED) is 0.769. The van der Waals surface area contributed by atoms with E-state index in [1.807, 2.05) is 13.8 Å². The molecule has 1 rings (SSSR count). The highest BCUT2D eigenvalue weighted by Crippen LogP contribution is 2.28. The van der Waals surface area contributed by atoms with Gasteiger partial charge in [0.2, 0.25) is 5.91 Å². The lowest BCUT2D eigenvalue weighted by atomic mass is 9.80. The van der Waals surface area contributed by atoms with E-state index in [0.717, 1.165) is 11.8 Å². The third-order valence-corrected chi connectivity index (χ3v) is 3.68. The summed E-state index contributed by atoms with van der Waals surface area (Å²) < 4.78 is 0. The summed E-state index contributed by atoms with van der Waals surface area (Å²) in [5, 5.41) is 3.50. The SMILES string of the molecule is CC1CC(C)CC(NCC(C)(C)C(N)=O)C1. The topological polar surface area (TPSA) is 55.1 Å². The van der Waals surface area contributed by atoms with E-state index in [1.165, 1.54) is 19.3 Å². The van der Waals surface area contributed by atoms with Crippen LogP contribution in [0.1, 0.15) is 47.0 Å². The van der Waals surface area contributed by atoms with Crippen LogP contribution in [0.15, 0.2) is 0 Å². The van der Waals surface area contributed by atoms with Crippen LogP contribution in [0.3, 0.4) is 0 Å². The van der Waals surface area contributed by atoms with Crippen molar-refractivity contribution in [2.24, 2.45) is 23.0 Å². The summed E-state index contributed by atoms with van der Waals surface area (Å²) in [5.74, 6) is 1.35. The molecule has 16 heavy (non-hydrogen) atoms. The molecular weight excluding hydrogens is 200 g/mol. The summed E-state index contributed by atoms with van der Waals surface area (Å²) in [6, 6.07) is 0.553. The fraction of sp³-hybridized carbons (Fsp3) is 0.923. The normalized spacial score (nSPS) is 31.4. The van der Waals surface area contributed by atoms with E-state index in [1.54, 1.807) is 0 Å². The van der Waals surface area contributed by atoms with E-state index >= 15 is 0 Å². The van der Waals surface area contributed by atoms with Crippen LogP contribution in [0.2, 0.25) is 0 Å². The lowest BCUT2D eigenvalue weighted by Crippen LogP contribution is -2.45. The molecule has 0 aromatic carbocycles. The number of nitrogens with two attached hydrogens (primary N) is 1. The smallest absolute Gasteiger partial charge is 0.224 e. The molecule has 1 fully saturated rings. The molecule has 2 atom stereocenters. The van der Waals surface area contributed by atoms with Gasteiger partial charge in [0, 0.05) is 12.6 Å². The van der Waals surface area contributed by atoms with Crippen LogP contribution < -0.4 is 11.1 Å². The zero-order valence-electron chi connectivity index (χ0n) is 11.0. The number of carbonyl (C=O) groups excluding carboxylic acids is 1. The minimum Gasteiger partial charge on any atom is -0.369 e. The lowest BCUT2D eigenvalue weighted by Gasteiger charge is -2.34. The van der Waals surface area contributed by atoms with Crippen LogP contribution in [-0.4, -0.2) is 18.5 Å². The molecule has 3 nitrogen and oxygen atoms in total. The fourth-order valence-electron chi connectivity index (χ4n) is 2.60. The molecule has 3 heteroatoms. The Bertz CT molecular complexity index is 240. The fourth-order valence-corrected chi connectivity index (χ4v) is 2.60. The van der Waals surface area contributed by atoms with Crippen LogP contribution in [-0.2, 0) is 4.79 Å². The van der Waals surface area contributed by atoms with Crippen molar-refractivity contribution in [2.45, 2.75) is 53.0 Å². The van der Waals surface area contributed by atoms with E-state index in [9.17, 15) is 4.79 Å². The van der Waals surface area contributed by atoms with Gasteiger partial charge in [0.1, 0.15) is 0 Å². The van der Waals surface area contributed by atoms with Gasteiger partial charge in [-0.2, -0.15) is 0 Å². The van der Waals surface area contributed by atoms with E-state index in [4.69, 9.17) is 5.73 Å². The Morgan fingerprint density at radius 3 is 2.19 bits per heavy atom. The second-order valence-electron chi connectivity index (χ2n) is 6.24. The largest absolute Gasteiger partial charge is 0.369 e. The Balaban J connectivity index is 2.40. The maximum Gasteiger partial charge on any atom is 0.224 e. The molecule has 0 aliphatic heterocycles. The zero-order valence-corrected chi connectivity index (χ0v) is 11.0. The molecule has 0 spiro atoms. The predicted octanol–water partition coefficient (Wildman–Crippen LogP) is 1.91. The number of hydrogen-bond donors (Lipinski definition) is 2. The van der Waals surface area contributed by atoms with E-state index < -0.39 is 5.41 Å². The average molecular weight is 226 g/mol. The molecule has 1 amide bonds. The Hall–Kier alpha value is -0.570. The molecule has 0 bridgehead atoms. The second-order valence-corrected chi connectivity index (χ2v) is 6.24. The maximum absolute atomic E-state index is 11.2. The van der Waals surface area contributed by atoms with Crippen molar-refractivity contribution in [1.29, 1.82) is 0 Å². The molecule has 0 saturated heterocycles. The molecule has 1 aliphatic rings. The number of hydrogen-bond acceptors (Lipinski definition) is 2. The molecule has 3 N–H and O–H groups in total. The van der Waals surface area contributed by atoms with Gasteiger partial charge in [0.15, 0.2) is 0 Å². The molecule has 1 aliphatic carbocycles. The standard InChI is InChI=1S/C13H26N2O/c1-9-5-10(2)7-11(6-9)15-8-13(3,4)12(14)16/h9-11,15H,5-8H2,1-4H3,(H2,14,16). The number of carbonyl (C=O) groups is 1. The van der Waals surface area contributed by atoms with Crippen LogP contribution in [0.4, 0.5) is 0 Å². The third-order valence-electron chi connectivity index (χ3n) is 3.68. The third kappa shape index (κ3) is 3.78. The monoisotopic (exact) mass is 226 g/mol. The number of primary amides is 1. The molecule has 1 saturated carbocycles. The molecule has 2 unspecified atom stereocenters. The van der Waals surface area contributed by atoms with Crippen molar-refractivity contribution in [3.63, 3.8) is 0 Å². The van der Waals surface area contributed by atoms with Gasteiger partial charge in [-0.15, -0.1) is 0 Å². The highest BCUT2D eigenvalue weighted by Gasteiger charge is 2.28. The lowest BCUT2D eigenvalue weighted by molar-refractivity contribution is -0.125.